The highest BCUT2D eigenvalue weighted by atomic mass is 32.1. The van der Waals surface area contributed by atoms with Crippen LogP contribution >= 0.6 is 22.7 Å². The molecule has 0 aliphatic heterocycles. The van der Waals surface area contributed by atoms with Crippen molar-refractivity contribution < 1.29 is 14.1 Å². The first-order chi connectivity index (χ1) is 22.9. The maximum Gasteiger partial charge on any atom is 0.209 e. The van der Waals surface area contributed by atoms with Crippen LogP contribution in [0.4, 0.5) is 21.9 Å². The molecule has 0 amide bonds. The number of nitrogen functional groups attached to an aromatic ring is 2. The van der Waals surface area contributed by atoms with E-state index in [2.05, 4.69) is 25.8 Å². The molecule has 4 bridgehead atoms. The Morgan fingerprint density at radius 1 is 0.723 bits per heavy atom. The molecule has 0 saturated heterocycles. The van der Waals surface area contributed by atoms with Crippen LogP contribution < -0.4 is 22.1 Å². The van der Waals surface area contributed by atoms with Gasteiger partial charge in [0.2, 0.25) is 11.6 Å². The summed E-state index contributed by atoms with van der Waals surface area (Å²) in [5.41, 5.74) is 13.7. The standard InChI is InChI=1S/C18H18N4O2S.C17H19N3OS/c19-17-16(15(23)12-3-1-2-11-8-24-22-14(11)12)25-18(21-17)20-13-7-9-4-5-10(13)6-9;18-16-15(14(21)11-4-2-1-3-5-11)22-17(20-16)19-13-9-10-6-7-12(13)8-10/h1-3,8-10,13H,4-7,19H2,(H,20,21);1-5,10,12-13H,6-9,18H2,(H,19,20)/t9?,10?,13-;10?,12?,13-/m00/s1. The summed E-state index contributed by atoms with van der Waals surface area (Å²) in [6, 6.07) is 15.6. The first-order valence-corrected chi connectivity index (χ1v) is 18.1. The minimum absolute atomic E-state index is 0.0448. The molecule has 242 valence electrons. The predicted octanol–water partition coefficient (Wildman–Crippen LogP) is 7.25. The Kier molecular flexibility index (Phi) is 7.92. The van der Waals surface area contributed by atoms with Crippen LogP contribution in [0.1, 0.15) is 81.8 Å². The molecule has 12 heteroatoms. The third-order valence-corrected chi connectivity index (χ3v) is 12.5. The Labute approximate surface area is 280 Å². The number of thiazole rings is 2. The first kappa shape index (κ1) is 30.1. The van der Waals surface area contributed by atoms with Gasteiger partial charge in [-0.25, -0.2) is 9.97 Å². The quantitative estimate of drug-likeness (QED) is 0.124. The Morgan fingerprint density at radius 3 is 1.87 bits per heavy atom. The summed E-state index contributed by atoms with van der Waals surface area (Å²) in [4.78, 5) is 35.2. The lowest BCUT2D eigenvalue weighted by molar-refractivity contribution is 0.103. The predicted molar refractivity (Wildman–Crippen MR) is 186 cm³/mol. The molecule has 9 rings (SSSR count). The minimum atomic E-state index is -0.157. The molecule has 0 spiro atoms. The molecule has 4 saturated carbocycles. The van der Waals surface area contributed by atoms with E-state index in [0.717, 1.165) is 39.3 Å². The number of hydrogen-bond donors (Lipinski definition) is 4. The molecule has 4 unspecified atom stereocenters. The number of nitrogens with zero attached hydrogens (tertiary/aromatic N) is 3. The number of aromatic nitrogens is 3. The van der Waals surface area contributed by atoms with Crippen molar-refractivity contribution in [1.29, 1.82) is 0 Å². The van der Waals surface area contributed by atoms with Crippen LogP contribution in [0.3, 0.4) is 0 Å². The average molecular weight is 668 g/mol. The van der Waals surface area contributed by atoms with Gasteiger partial charge in [0.15, 0.2) is 10.3 Å². The van der Waals surface area contributed by atoms with E-state index in [1.807, 2.05) is 42.5 Å². The molecule has 4 aliphatic rings. The van der Waals surface area contributed by atoms with Gasteiger partial charge >= 0.3 is 0 Å². The lowest BCUT2D eigenvalue weighted by Crippen LogP contribution is -2.25. The zero-order valence-corrected chi connectivity index (χ0v) is 27.5. The fourth-order valence-corrected chi connectivity index (χ4v) is 10.0. The van der Waals surface area contributed by atoms with Gasteiger partial charge < -0.3 is 26.6 Å². The van der Waals surface area contributed by atoms with Gasteiger partial charge in [-0.05, 0) is 74.3 Å². The average Bonchev–Trinajstić information content (AvgIpc) is 3.94. The monoisotopic (exact) mass is 667 g/mol. The molecular weight excluding hydrogens is 631 g/mol. The van der Waals surface area contributed by atoms with Crippen molar-refractivity contribution in [1.82, 2.24) is 15.1 Å². The SMILES string of the molecule is Nc1nc(N[C@H]2CC3CCC2C3)sc1C(=O)c1cccc2conc12.Nc1nc(N[C@H]2CC3CCC2C3)sc1C(=O)c1ccccc1. The molecule has 3 heterocycles. The molecular formula is C35H37N7O3S2. The number of anilines is 4. The summed E-state index contributed by atoms with van der Waals surface area (Å²) in [6.45, 7) is 0. The molecule has 47 heavy (non-hydrogen) atoms. The molecule has 0 radical (unpaired) electrons. The second-order valence-corrected chi connectivity index (χ2v) is 15.4. The summed E-state index contributed by atoms with van der Waals surface area (Å²) in [5.74, 6) is 3.65. The van der Waals surface area contributed by atoms with Gasteiger partial charge in [-0.15, -0.1) is 0 Å². The Hall–Kier alpha value is -4.29. The second kappa shape index (κ2) is 12.4. The van der Waals surface area contributed by atoms with E-state index in [9.17, 15) is 9.59 Å². The number of hydrogen-bond acceptors (Lipinski definition) is 12. The summed E-state index contributed by atoms with van der Waals surface area (Å²) in [5, 5.41) is 13.3. The highest BCUT2D eigenvalue weighted by Gasteiger charge is 2.41. The Morgan fingerprint density at radius 2 is 1.32 bits per heavy atom. The first-order valence-electron chi connectivity index (χ1n) is 16.4. The number of nitrogens with one attached hydrogen (secondary N) is 2. The third kappa shape index (κ3) is 5.89. The van der Waals surface area contributed by atoms with Crippen LogP contribution in [0, 0.1) is 23.7 Å². The van der Waals surface area contributed by atoms with E-state index in [-0.39, 0.29) is 17.4 Å². The molecule has 4 fully saturated rings. The summed E-state index contributed by atoms with van der Waals surface area (Å²) >= 11 is 2.71. The maximum absolute atomic E-state index is 12.9. The smallest absolute Gasteiger partial charge is 0.209 e. The van der Waals surface area contributed by atoms with Gasteiger partial charge in [0.25, 0.3) is 0 Å². The lowest BCUT2D eigenvalue weighted by atomic mass is 9.96. The fraction of sp³-hybridized carbons (Fsp3) is 0.400. The molecule has 4 aliphatic carbocycles. The highest BCUT2D eigenvalue weighted by molar-refractivity contribution is 7.18. The van der Waals surface area contributed by atoms with E-state index < -0.39 is 0 Å². The zero-order chi connectivity index (χ0) is 32.1. The molecule has 10 nitrogen and oxygen atoms in total. The van der Waals surface area contributed by atoms with Crippen molar-refractivity contribution in [3.8, 4) is 0 Å². The van der Waals surface area contributed by atoms with Crippen molar-refractivity contribution in [2.75, 3.05) is 22.1 Å². The van der Waals surface area contributed by atoms with Gasteiger partial charge in [0.1, 0.15) is 33.2 Å². The number of rotatable bonds is 8. The second-order valence-electron chi connectivity index (χ2n) is 13.4. The van der Waals surface area contributed by atoms with Crippen molar-refractivity contribution >= 4 is 67.0 Å². The summed E-state index contributed by atoms with van der Waals surface area (Å²) < 4.78 is 4.99. The fourth-order valence-electron chi connectivity index (χ4n) is 8.19. The third-order valence-electron chi connectivity index (χ3n) is 10.5. The van der Waals surface area contributed by atoms with Crippen LogP contribution in [0.2, 0.25) is 0 Å². The molecule has 2 aromatic carbocycles. The highest BCUT2D eigenvalue weighted by Crippen LogP contribution is 2.47. The molecule has 5 aromatic rings. The largest absolute Gasteiger partial charge is 0.382 e. The summed E-state index contributed by atoms with van der Waals surface area (Å²) in [7, 11) is 0. The van der Waals surface area contributed by atoms with Crippen LogP contribution in [-0.2, 0) is 0 Å². The molecule has 3 aromatic heterocycles. The van der Waals surface area contributed by atoms with Crippen LogP contribution in [0.15, 0.2) is 59.3 Å². The minimum Gasteiger partial charge on any atom is -0.382 e. The number of carbonyl (C=O) groups excluding carboxylic acids is 2. The zero-order valence-electron chi connectivity index (χ0n) is 25.9. The number of fused-ring (bicyclic) bond motifs is 5. The summed E-state index contributed by atoms with van der Waals surface area (Å²) in [6.07, 6.45) is 12.0. The van der Waals surface area contributed by atoms with Crippen molar-refractivity contribution in [3.63, 3.8) is 0 Å². The number of nitrogens with two attached hydrogens (primary N) is 2. The topological polar surface area (TPSA) is 162 Å². The number of ketones is 2. The van der Waals surface area contributed by atoms with Gasteiger partial charge in [0.05, 0.1) is 5.56 Å². The number of benzene rings is 2. The van der Waals surface area contributed by atoms with Gasteiger partial charge in [-0.2, -0.15) is 0 Å². The van der Waals surface area contributed by atoms with E-state index in [4.69, 9.17) is 16.0 Å². The molecule has 6 atom stereocenters. The van der Waals surface area contributed by atoms with E-state index in [1.165, 1.54) is 80.3 Å². The maximum atomic E-state index is 12.9. The van der Waals surface area contributed by atoms with E-state index in [0.29, 0.717) is 44.3 Å². The Balaban J connectivity index is 0.000000139. The van der Waals surface area contributed by atoms with Gasteiger partial charge in [-0.1, -0.05) is 77.1 Å². The van der Waals surface area contributed by atoms with E-state index in [1.54, 1.807) is 6.07 Å². The molecule has 6 N–H and O–H groups in total. The van der Waals surface area contributed by atoms with Gasteiger partial charge in [-0.3, -0.25) is 9.59 Å². The van der Waals surface area contributed by atoms with Crippen molar-refractivity contribution in [2.45, 2.75) is 63.5 Å². The van der Waals surface area contributed by atoms with Crippen molar-refractivity contribution in [3.05, 3.63) is 75.7 Å². The van der Waals surface area contributed by atoms with Gasteiger partial charge in [0, 0.05) is 23.0 Å². The van der Waals surface area contributed by atoms with Crippen LogP contribution in [0.25, 0.3) is 10.9 Å². The van der Waals surface area contributed by atoms with Crippen molar-refractivity contribution in [2.24, 2.45) is 23.7 Å². The van der Waals surface area contributed by atoms with Crippen LogP contribution in [0.5, 0.6) is 0 Å². The van der Waals surface area contributed by atoms with Crippen LogP contribution in [-0.4, -0.2) is 38.8 Å². The number of carbonyl (C=O) groups is 2. The lowest BCUT2D eigenvalue weighted by Gasteiger charge is -2.22. The Bertz CT molecular complexity index is 1940. The normalized spacial score (nSPS) is 25.5. The van der Waals surface area contributed by atoms with E-state index >= 15 is 0 Å².